The maximum atomic E-state index is 14.2. The number of fused-ring (bicyclic) bond motifs is 5. The minimum Gasteiger partial charge on any atom is -0.468 e. The smallest absolute Gasteiger partial charge is 0.317 e. The maximum Gasteiger partial charge on any atom is 0.317 e. The van der Waals surface area contributed by atoms with Crippen LogP contribution in [-0.2, 0) is 43.1 Å². The van der Waals surface area contributed by atoms with Crippen LogP contribution in [0.4, 0.5) is 0 Å². The lowest BCUT2D eigenvalue weighted by Crippen LogP contribution is -2.37. The van der Waals surface area contributed by atoms with E-state index in [9.17, 15) is 19.2 Å². The van der Waals surface area contributed by atoms with Crippen LogP contribution in [0.15, 0.2) is 74.0 Å². The van der Waals surface area contributed by atoms with Gasteiger partial charge in [-0.2, -0.15) is 0 Å². The Morgan fingerprint density at radius 3 is 2.33 bits per heavy atom. The summed E-state index contributed by atoms with van der Waals surface area (Å²) in [4.78, 5) is 72.8. The van der Waals surface area contributed by atoms with Gasteiger partial charge >= 0.3 is 11.9 Å². The van der Waals surface area contributed by atoms with E-state index < -0.39 is 23.8 Å². The van der Waals surface area contributed by atoms with Gasteiger partial charge in [-0.25, -0.2) is 0 Å². The molecule has 0 saturated heterocycles. The van der Waals surface area contributed by atoms with Crippen LogP contribution in [-0.4, -0.2) is 65.9 Å². The average Bonchev–Trinajstić information content (AvgIpc) is 4.03. The third-order valence-corrected chi connectivity index (χ3v) is 14.7. The zero-order valence-electron chi connectivity index (χ0n) is 40.2. The predicted molar refractivity (Wildman–Crippen MR) is 257 cm³/mol. The highest BCUT2D eigenvalue weighted by Gasteiger charge is 2.57. The van der Waals surface area contributed by atoms with Crippen molar-refractivity contribution in [3.63, 3.8) is 0 Å². The largest absolute Gasteiger partial charge is 0.468 e. The van der Waals surface area contributed by atoms with Crippen LogP contribution in [0.1, 0.15) is 153 Å². The number of ether oxygens (including phenoxy) is 2. The highest BCUT2D eigenvalue weighted by Crippen LogP contribution is 2.48. The quantitative estimate of drug-likeness (QED) is 0.0564. The number of hydrogen-bond donors (Lipinski definition) is 1. The number of ketones is 1. The Bertz CT molecular complexity index is 2180. The Hall–Kier alpha value is -4.73. The van der Waals surface area contributed by atoms with Gasteiger partial charge in [0.05, 0.1) is 18.8 Å². The fraction of sp³-hybridized carbons (Fsp3) is 0.611. The number of Topliss-reactive ketones (excluding diaryl/α,β-unsaturated/α-hetero) is 1. The Labute approximate surface area is 382 Å². The molecular weight excluding hydrogens is 801 g/mol. The van der Waals surface area contributed by atoms with Crippen molar-refractivity contribution < 1.29 is 28.7 Å². The highest BCUT2D eigenvalue weighted by atomic mass is 16.5. The van der Waals surface area contributed by atoms with Crippen molar-refractivity contribution in [3.05, 3.63) is 81.5 Å². The Morgan fingerprint density at radius 1 is 0.969 bits per heavy atom. The van der Waals surface area contributed by atoms with Crippen LogP contribution >= 0.6 is 0 Å². The van der Waals surface area contributed by atoms with Gasteiger partial charge in [-0.1, -0.05) is 98.1 Å². The lowest BCUT2D eigenvalue weighted by atomic mass is 9.77. The van der Waals surface area contributed by atoms with Crippen molar-refractivity contribution in [2.24, 2.45) is 62.3 Å². The number of esters is 2. The Kier molecular flexibility index (Phi) is 16.7. The summed E-state index contributed by atoms with van der Waals surface area (Å²) in [6.45, 7) is 22.0. The van der Waals surface area contributed by atoms with E-state index in [2.05, 4.69) is 53.1 Å². The third-order valence-electron chi connectivity index (χ3n) is 14.7. The van der Waals surface area contributed by atoms with Crippen LogP contribution in [0.2, 0.25) is 0 Å². The zero-order chi connectivity index (χ0) is 46.2. The number of allylic oxidation sites excluding steroid dienone is 6. The summed E-state index contributed by atoms with van der Waals surface area (Å²) in [5, 5.41) is 0. The highest BCUT2D eigenvalue weighted by molar-refractivity contribution is 6.21. The van der Waals surface area contributed by atoms with Gasteiger partial charge in [0.25, 0.3) is 0 Å². The van der Waals surface area contributed by atoms with Crippen LogP contribution in [0.3, 0.4) is 0 Å². The Balaban J connectivity index is 1.16. The number of nitrogens with one attached hydrogen (secondary N) is 1. The second-order valence-corrected chi connectivity index (χ2v) is 19.9. The van der Waals surface area contributed by atoms with Crippen molar-refractivity contribution in [1.82, 2.24) is 4.98 Å². The van der Waals surface area contributed by atoms with E-state index in [4.69, 9.17) is 24.5 Å². The average molecular weight is 875 g/mol. The van der Waals surface area contributed by atoms with Gasteiger partial charge in [-0.15, -0.1) is 6.58 Å². The molecule has 1 N–H and O–H groups in total. The molecule has 1 aromatic rings. The monoisotopic (exact) mass is 875 g/mol. The molecule has 8 unspecified atom stereocenters. The molecule has 0 radical (unpaired) electrons. The van der Waals surface area contributed by atoms with Gasteiger partial charge in [0.1, 0.15) is 12.5 Å². The Morgan fingerprint density at radius 2 is 1.67 bits per heavy atom. The standard InChI is InChI=1S/C54H74N4O6/c1-11-38-35(8)43-28-44-36(9)40(22-23-48(60)64-25-24-34(7)21-15-20-33(6)19-14-18-32(5)17-13-16-31(3)4)51(58-44)49-50(54(62)63-10)53(61)41-26-37(55-52(41)49)27-45-39(12-2)42(30-59)47(57-45)29-46(38)56-43/h11,24,26,28,30-33,36,38,40,49-50,52,57H,1,12-23,25,27,29H2,2-10H3/b34-24+,44-28?. The molecule has 64 heavy (non-hydrogen) atoms. The second kappa shape index (κ2) is 22.0. The normalized spacial score (nSPS) is 24.9. The first-order chi connectivity index (χ1) is 30.7. The summed E-state index contributed by atoms with van der Waals surface area (Å²) in [7, 11) is 1.30. The van der Waals surface area contributed by atoms with Crippen molar-refractivity contribution in [2.75, 3.05) is 13.7 Å². The fourth-order valence-corrected chi connectivity index (χ4v) is 10.8. The lowest BCUT2D eigenvalue weighted by molar-refractivity contribution is -0.149. The molecule has 0 spiro atoms. The van der Waals surface area contributed by atoms with E-state index in [1.165, 1.54) is 57.6 Å². The summed E-state index contributed by atoms with van der Waals surface area (Å²) >= 11 is 0. The molecule has 4 aliphatic heterocycles. The van der Waals surface area contributed by atoms with Crippen LogP contribution in [0.25, 0.3) is 0 Å². The van der Waals surface area contributed by atoms with E-state index >= 15 is 0 Å². The summed E-state index contributed by atoms with van der Waals surface area (Å²) in [5.74, 6) is -1.24. The first-order valence-corrected chi connectivity index (χ1v) is 24.3. The molecule has 1 saturated carbocycles. The third kappa shape index (κ3) is 11.0. The fourth-order valence-electron chi connectivity index (χ4n) is 10.8. The molecule has 1 aromatic heterocycles. The number of aldehydes is 1. The van der Waals surface area contributed by atoms with Crippen molar-refractivity contribution in [3.8, 4) is 0 Å². The first kappa shape index (κ1) is 48.7. The molecule has 1 aliphatic carbocycles. The number of carbonyl (C=O) groups is 4. The molecule has 1 fully saturated rings. The second-order valence-electron chi connectivity index (χ2n) is 19.9. The summed E-state index contributed by atoms with van der Waals surface area (Å²) < 4.78 is 11.0. The molecule has 8 atom stereocenters. The molecule has 10 heteroatoms. The zero-order valence-corrected chi connectivity index (χ0v) is 40.2. The molecule has 0 aromatic carbocycles. The van der Waals surface area contributed by atoms with Crippen molar-refractivity contribution >= 4 is 41.1 Å². The summed E-state index contributed by atoms with van der Waals surface area (Å²) in [6.07, 6.45) is 22.0. The van der Waals surface area contributed by atoms with Crippen molar-refractivity contribution in [2.45, 2.75) is 151 Å². The molecule has 5 aliphatic rings. The topological polar surface area (TPSA) is 140 Å². The lowest BCUT2D eigenvalue weighted by Gasteiger charge is -2.26. The molecule has 6 rings (SSSR count). The number of H-pyrrole nitrogens is 1. The summed E-state index contributed by atoms with van der Waals surface area (Å²) in [6, 6.07) is -0.629. The molecule has 5 heterocycles. The van der Waals surface area contributed by atoms with Gasteiger partial charge in [-0.05, 0) is 86.6 Å². The minimum absolute atomic E-state index is 0.124. The van der Waals surface area contributed by atoms with Gasteiger partial charge in [0.15, 0.2) is 12.1 Å². The van der Waals surface area contributed by atoms with E-state index in [0.29, 0.717) is 54.2 Å². The van der Waals surface area contributed by atoms with E-state index in [0.717, 1.165) is 70.6 Å². The summed E-state index contributed by atoms with van der Waals surface area (Å²) in [5.41, 5.74) is 9.75. The van der Waals surface area contributed by atoms with E-state index in [1.807, 2.05) is 38.2 Å². The number of hydrogen-bond acceptors (Lipinski definition) is 9. The number of carbonyl (C=O) groups excluding carboxylic acids is 4. The molecular formula is C54H74N4O6. The molecule has 346 valence electrons. The van der Waals surface area contributed by atoms with E-state index in [-0.39, 0.29) is 42.5 Å². The minimum atomic E-state index is -1.11. The van der Waals surface area contributed by atoms with E-state index in [1.54, 1.807) is 0 Å². The molecule has 8 bridgehead atoms. The van der Waals surface area contributed by atoms with Gasteiger partial charge in [-0.3, -0.25) is 34.2 Å². The van der Waals surface area contributed by atoms with Crippen molar-refractivity contribution in [1.29, 1.82) is 0 Å². The number of nitrogens with zero attached hydrogens (tertiary/aromatic N) is 3. The van der Waals surface area contributed by atoms with Crippen LogP contribution < -0.4 is 0 Å². The van der Waals surface area contributed by atoms with Gasteiger partial charge < -0.3 is 14.5 Å². The first-order valence-electron chi connectivity index (χ1n) is 24.3. The van der Waals surface area contributed by atoms with Gasteiger partial charge in [0.2, 0.25) is 0 Å². The predicted octanol–water partition coefficient (Wildman–Crippen LogP) is 11.1. The SMILES string of the molecule is C=CC1C2=NC(=C1C)C=C1N=C(C(CCC(=O)OC/C=C(\C)CCCC(C)CCCC(C)CCCC(C)C)C1C)C1C3N=C(C=C3C(=O)C1C(=O)OC)Cc1[nH]c(c(C=O)c1CC)C2. The number of methoxy groups -OCH3 is 1. The molecule has 10 nitrogen and oxygen atoms in total. The number of aromatic nitrogens is 1. The molecule has 0 amide bonds. The number of rotatable bonds is 21. The van der Waals surface area contributed by atoms with Gasteiger partial charge in [0, 0.05) is 88.3 Å². The van der Waals surface area contributed by atoms with Crippen LogP contribution in [0.5, 0.6) is 0 Å². The van der Waals surface area contributed by atoms with Crippen LogP contribution in [0, 0.1) is 47.3 Å². The number of aromatic amines is 1. The number of aliphatic imine (C=N–C) groups is 3. The maximum absolute atomic E-state index is 14.2.